The van der Waals surface area contributed by atoms with Crippen molar-refractivity contribution in [3.63, 3.8) is 0 Å². The first-order valence-corrected chi connectivity index (χ1v) is 7.47. The van der Waals surface area contributed by atoms with Gasteiger partial charge in [0, 0.05) is 34.6 Å². The number of amides is 1. The second-order valence-corrected chi connectivity index (χ2v) is 5.78. The molecule has 2 aliphatic rings. The van der Waals surface area contributed by atoms with Crippen LogP contribution in [0.25, 0.3) is 10.9 Å². The molecule has 1 amide bonds. The van der Waals surface area contributed by atoms with E-state index in [1.807, 2.05) is 12.1 Å². The second-order valence-electron chi connectivity index (χ2n) is 5.78. The van der Waals surface area contributed by atoms with Gasteiger partial charge in [0.05, 0.1) is 0 Å². The Morgan fingerprint density at radius 2 is 1.95 bits per heavy atom. The van der Waals surface area contributed by atoms with Crippen LogP contribution in [0.2, 0.25) is 0 Å². The van der Waals surface area contributed by atoms with Crippen molar-refractivity contribution in [3.8, 4) is 0 Å². The minimum Gasteiger partial charge on any atom is -0.358 e. The van der Waals surface area contributed by atoms with Crippen molar-refractivity contribution >= 4 is 16.8 Å². The van der Waals surface area contributed by atoms with Gasteiger partial charge < -0.3 is 15.6 Å². The molecule has 0 atom stereocenters. The van der Waals surface area contributed by atoms with Gasteiger partial charge in [-0.15, -0.1) is 0 Å². The van der Waals surface area contributed by atoms with E-state index in [1.165, 1.54) is 24.1 Å². The quantitative estimate of drug-likeness (QED) is 0.741. The summed E-state index contributed by atoms with van der Waals surface area (Å²) in [6.45, 7) is 2.91. The fraction of sp³-hybridized carbons (Fsp3) is 0.438. The minimum absolute atomic E-state index is 0.0604. The van der Waals surface area contributed by atoms with Crippen LogP contribution >= 0.6 is 0 Å². The summed E-state index contributed by atoms with van der Waals surface area (Å²) in [4.78, 5) is 15.7. The third-order valence-electron chi connectivity index (χ3n) is 4.61. The van der Waals surface area contributed by atoms with E-state index in [0.29, 0.717) is 5.92 Å². The largest absolute Gasteiger partial charge is 0.358 e. The van der Waals surface area contributed by atoms with Crippen LogP contribution in [0, 0.1) is 0 Å². The second kappa shape index (κ2) is 4.63. The summed E-state index contributed by atoms with van der Waals surface area (Å²) in [7, 11) is 0. The molecule has 4 heteroatoms. The summed E-state index contributed by atoms with van der Waals surface area (Å²) < 4.78 is 0. The number of piperidine rings is 1. The number of H-pyrrole nitrogens is 1. The number of rotatable bonds is 1. The monoisotopic (exact) mass is 269 g/mol. The highest BCUT2D eigenvalue weighted by atomic mass is 16.1. The first kappa shape index (κ1) is 12.0. The van der Waals surface area contributed by atoms with Crippen LogP contribution in [0.5, 0.6) is 0 Å². The zero-order valence-corrected chi connectivity index (χ0v) is 11.5. The summed E-state index contributed by atoms with van der Waals surface area (Å²) >= 11 is 0. The lowest BCUT2D eigenvalue weighted by atomic mass is 9.90. The molecule has 3 N–H and O–H groups in total. The van der Waals surface area contributed by atoms with Gasteiger partial charge in [0.2, 0.25) is 0 Å². The maximum absolute atomic E-state index is 12.1. The van der Waals surface area contributed by atoms with Crippen molar-refractivity contribution in [1.82, 2.24) is 15.6 Å². The van der Waals surface area contributed by atoms with E-state index in [0.717, 1.165) is 42.5 Å². The van der Waals surface area contributed by atoms with Gasteiger partial charge in [-0.2, -0.15) is 0 Å². The number of aromatic amines is 1. The molecule has 0 aliphatic carbocycles. The van der Waals surface area contributed by atoms with Crippen molar-refractivity contribution < 1.29 is 4.79 Å². The molecule has 1 fully saturated rings. The fourth-order valence-corrected chi connectivity index (χ4v) is 3.64. The Bertz CT molecular complexity index is 668. The van der Waals surface area contributed by atoms with Crippen LogP contribution < -0.4 is 10.6 Å². The molecule has 20 heavy (non-hydrogen) atoms. The topological polar surface area (TPSA) is 56.9 Å². The average molecular weight is 269 g/mol. The number of benzene rings is 1. The van der Waals surface area contributed by atoms with Crippen molar-refractivity contribution in [3.05, 3.63) is 35.0 Å². The maximum Gasteiger partial charge on any atom is 0.251 e. The standard InChI is InChI=1S/C16H19N3O/c20-16-12-2-1-3-13-14(12)11(6-9-18-16)15(19-13)10-4-7-17-8-5-10/h1-3,10,17,19H,4-9H2,(H,18,20). The molecule has 3 heterocycles. The van der Waals surface area contributed by atoms with Crippen molar-refractivity contribution in [2.45, 2.75) is 25.2 Å². The Labute approximate surface area is 117 Å². The first-order valence-electron chi connectivity index (χ1n) is 7.47. The van der Waals surface area contributed by atoms with Crippen molar-refractivity contribution in [2.24, 2.45) is 0 Å². The first-order chi connectivity index (χ1) is 9.84. The molecule has 0 bridgehead atoms. The fourth-order valence-electron chi connectivity index (χ4n) is 3.64. The van der Waals surface area contributed by atoms with E-state index in [2.05, 4.69) is 21.7 Å². The van der Waals surface area contributed by atoms with Gasteiger partial charge in [-0.1, -0.05) is 6.07 Å². The van der Waals surface area contributed by atoms with Gasteiger partial charge in [-0.3, -0.25) is 4.79 Å². The van der Waals surface area contributed by atoms with Crippen LogP contribution in [0.4, 0.5) is 0 Å². The zero-order chi connectivity index (χ0) is 13.5. The van der Waals surface area contributed by atoms with E-state index in [-0.39, 0.29) is 5.91 Å². The van der Waals surface area contributed by atoms with Crippen LogP contribution in [0.3, 0.4) is 0 Å². The summed E-state index contributed by atoms with van der Waals surface area (Å²) in [5.41, 5.74) is 4.67. The van der Waals surface area contributed by atoms with Crippen molar-refractivity contribution in [1.29, 1.82) is 0 Å². The lowest BCUT2D eigenvalue weighted by Gasteiger charge is -2.23. The third-order valence-corrected chi connectivity index (χ3v) is 4.61. The molecule has 0 unspecified atom stereocenters. The molecule has 4 rings (SSSR count). The summed E-state index contributed by atoms with van der Waals surface area (Å²) in [5, 5.41) is 7.57. The molecular weight excluding hydrogens is 250 g/mol. The summed E-state index contributed by atoms with van der Waals surface area (Å²) in [5.74, 6) is 0.657. The molecule has 0 saturated carbocycles. The van der Waals surface area contributed by atoms with E-state index >= 15 is 0 Å². The average Bonchev–Trinajstić information content (AvgIpc) is 2.78. The van der Waals surface area contributed by atoms with Gasteiger partial charge in [-0.25, -0.2) is 0 Å². The highest BCUT2D eigenvalue weighted by Gasteiger charge is 2.25. The number of hydrogen-bond acceptors (Lipinski definition) is 2. The van der Waals surface area contributed by atoms with E-state index in [9.17, 15) is 4.79 Å². The van der Waals surface area contributed by atoms with E-state index in [1.54, 1.807) is 0 Å². The summed E-state index contributed by atoms with van der Waals surface area (Å²) in [6, 6.07) is 5.99. The van der Waals surface area contributed by atoms with Gasteiger partial charge in [-0.05, 0) is 50.0 Å². The predicted molar refractivity (Wildman–Crippen MR) is 79.2 cm³/mol. The molecule has 4 nitrogen and oxygen atoms in total. The Hall–Kier alpha value is -1.81. The normalized spacial score (nSPS) is 19.9. The Morgan fingerprint density at radius 3 is 2.80 bits per heavy atom. The number of carbonyl (C=O) groups is 1. The number of nitrogens with one attached hydrogen (secondary N) is 3. The molecule has 2 aromatic rings. The molecule has 0 radical (unpaired) electrons. The molecule has 1 saturated heterocycles. The van der Waals surface area contributed by atoms with E-state index < -0.39 is 0 Å². The number of aromatic nitrogens is 1. The molecule has 0 spiro atoms. The highest BCUT2D eigenvalue weighted by Crippen LogP contribution is 2.35. The van der Waals surface area contributed by atoms with Gasteiger partial charge in [0.15, 0.2) is 0 Å². The maximum atomic E-state index is 12.1. The highest BCUT2D eigenvalue weighted by molar-refractivity contribution is 6.08. The molecule has 1 aromatic carbocycles. The number of carbonyl (C=O) groups excluding carboxylic acids is 1. The van der Waals surface area contributed by atoms with Gasteiger partial charge >= 0.3 is 0 Å². The van der Waals surface area contributed by atoms with Crippen LogP contribution in [-0.4, -0.2) is 30.5 Å². The molecule has 1 aromatic heterocycles. The lowest BCUT2D eigenvalue weighted by Crippen LogP contribution is -2.27. The lowest BCUT2D eigenvalue weighted by molar-refractivity contribution is 0.0957. The van der Waals surface area contributed by atoms with E-state index in [4.69, 9.17) is 0 Å². The molecular formula is C16H19N3O. The smallest absolute Gasteiger partial charge is 0.251 e. The number of hydrogen-bond donors (Lipinski definition) is 3. The van der Waals surface area contributed by atoms with Crippen LogP contribution in [-0.2, 0) is 6.42 Å². The van der Waals surface area contributed by atoms with Crippen LogP contribution in [0.1, 0.15) is 40.4 Å². The Balaban J connectivity index is 1.92. The predicted octanol–water partition coefficient (Wildman–Crippen LogP) is 1.92. The summed E-state index contributed by atoms with van der Waals surface area (Å²) in [6.07, 6.45) is 3.29. The van der Waals surface area contributed by atoms with Crippen molar-refractivity contribution in [2.75, 3.05) is 19.6 Å². The third kappa shape index (κ3) is 1.75. The SMILES string of the molecule is O=C1NCCc2c(C3CCNCC3)[nH]c3cccc1c23. The Morgan fingerprint density at radius 1 is 1.10 bits per heavy atom. The van der Waals surface area contributed by atoms with Gasteiger partial charge in [0.25, 0.3) is 5.91 Å². The Kier molecular flexibility index (Phi) is 2.77. The van der Waals surface area contributed by atoms with Crippen LogP contribution in [0.15, 0.2) is 18.2 Å². The van der Waals surface area contributed by atoms with Gasteiger partial charge in [0.1, 0.15) is 0 Å². The zero-order valence-electron chi connectivity index (χ0n) is 11.5. The minimum atomic E-state index is 0.0604. The molecule has 104 valence electrons. The molecule has 2 aliphatic heterocycles.